The molecular formula is C16H20N2O. The first-order valence-corrected chi connectivity index (χ1v) is 6.67. The van der Waals surface area contributed by atoms with Crippen molar-refractivity contribution in [1.29, 1.82) is 0 Å². The van der Waals surface area contributed by atoms with E-state index in [9.17, 15) is 4.79 Å². The van der Waals surface area contributed by atoms with Crippen LogP contribution in [0.5, 0.6) is 0 Å². The third kappa shape index (κ3) is 4.38. The minimum Gasteiger partial charge on any atom is -0.337 e. The molecule has 0 aromatic heterocycles. The number of benzene rings is 1. The standard InChI is InChI=1S/C16H20N2O/c1-14(13-15-5-3-2-4-6-15)7-8-16(19)18-11-9-17-10-12-18/h2-8,13,17H,9-12H2,1H3/b8-7+,14-13+. The summed E-state index contributed by atoms with van der Waals surface area (Å²) in [5, 5.41) is 3.24. The van der Waals surface area contributed by atoms with E-state index in [2.05, 4.69) is 23.5 Å². The molecule has 1 heterocycles. The number of rotatable bonds is 3. The van der Waals surface area contributed by atoms with Crippen LogP contribution in [0, 0.1) is 0 Å². The van der Waals surface area contributed by atoms with Gasteiger partial charge in [0.2, 0.25) is 5.91 Å². The highest BCUT2D eigenvalue weighted by atomic mass is 16.2. The minimum atomic E-state index is 0.0994. The number of piperazine rings is 1. The van der Waals surface area contributed by atoms with E-state index in [1.165, 1.54) is 0 Å². The molecule has 1 aliphatic heterocycles. The number of amides is 1. The van der Waals surface area contributed by atoms with Crippen LogP contribution in [0.25, 0.3) is 6.08 Å². The van der Waals surface area contributed by atoms with Gasteiger partial charge >= 0.3 is 0 Å². The summed E-state index contributed by atoms with van der Waals surface area (Å²) in [5.41, 5.74) is 2.23. The summed E-state index contributed by atoms with van der Waals surface area (Å²) in [6.07, 6.45) is 5.62. The Balaban J connectivity index is 1.94. The summed E-state index contributed by atoms with van der Waals surface area (Å²) in [5.74, 6) is 0.0994. The number of carbonyl (C=O) groups is 1. The van der Waals surface area contributed by atoms with Crippen molar-refractivity contribution in [3.8, 4) is 0 Å². The maximum atomic E-state index is 11.9. The molecule has 1 aromatic rings. The molecule has 1 amide bonds. The Morgan fingerprint density at radius 3 is 2.53 bits per heavy atom. The van der Waals surface area contributed by atoms with Crippen LogP contribution in [0.2, 0.25) is 0 Å². The molecule has 0 aliphatic carbocycles. The van der Waals surface area contributed by atoms with Crippen LogP contribution in [0.3, 0.4) is 0 Å². The van der Waals surface area contributed by atoms with Gasteiger partial charge in [0, 0.05) is 32.3 Å². The van der Waals surface area contributed by atoms with Crippen LogP contribution < -0.4 is 5.32 Å². The van der Waals surface area contributed by atoms with Crippen molar-refractivity contribution in [2.45, 2.75) is 6.92 Å². The first-order chi connectivity index (χ1) is 9.25. The first kappa shape index (κ1) is 13.6. The van der Waals surface area contributed by atoms with Crippen molar-refractivity contribution in [2.75, 3.05) is 26.2 Å². The number of hydrogen-bond acceptors (Lipinski definition) is 2. The molecule has 3 nitrogen and oxygen atoms in total. The van der Waals surface area contributed by atoms with E-state index >= 15 is 0 Å². The number of nitrogens with zero attached hydrogens (tertiary/aromatic N) is 1. The molecule has 0 bridgehead atoms. The number of hydrogen-bond donors (Lipinski definition) is 1. The lowest BCUT2D eigenvalue weighted by molar-refractivity contribution is -0.126. The smallest absolute Gasteiger partial charge is 0.246 e. The van der Waals surface area contributed by atoms with Crippen LogP contribution >= 0.6 is 0 Å². The fourth-order valence-corrected chi connectivity index (χ4v) is 2.05. The Bertz CT molecular complexity index is 471. The Morgan fingerprint density at radius 1 is 1.16 bits per heavy atom. The maximum absolute atomic E-state index is 11.9. The van der Waals surface area contributed by atoms with Gasteiger partial charge in [0.05, 0.1) is 0 Å². The van der Waals surface area contributed by atoms with Crippen LogP contribution in [0.15, 0.2) is 48.1 Å². The second kappa shape index (κ2) is 6.90. The second-order valence-corrected chi connectivity index (χ2v) is 4.71. The van der Waals surface area contributed by atoms with Crippen molar-refractivity contribution < 1.29 is 4.79 Å². The highest BCUT2D eigenvalue weighted by Gasteiger charge is 2.12. The summed E-state index contributed by atoms with van der Waals surface area (Å²) in [4.78, 5) is 13.8. The van der Waals surface area contributed by atoms with Gasteiger partial charge in [-0.2, -0.15) is 0 Å². The van der Waals surface area contributed by atoms with E-state index in [1.54, 1.807) is 6.08 Å². The third-order valence-electron chi connectivity index (χ3n) is 3.11. The van der Waals surface area contributed by atoms with Crippen molar-refractivity contribution in [1.82, 2.24) is 10.2 Å². The van der Waals surface area contributed by atoms with E-state index in [0.29, 0.717) is 0 Å². The highest BCUT2D eigenvalue weighted by Crippen LogP contribution is 2.07. The van der Waals surface area contributed by atoms with Gasteiger partial charge in [0.25, 0.3) is 0 Å². The predicted molar refractivity (Wildman–Crippen MR) is 78.7 cm³/mol. The van der Waals surface area contributed by atoms with Gasteiger partial charge in [-0.3, -0.25) is 4.79 Å². The quantitative estimate of drug-likeness (QED) is 0.663. The molecule has 1 saturated heterocycles. The lowest BCUT2D eigenvalue weighted by Gasteiger charge is -2.26. The molecule has 1 fully saturated rings. The SMILES string of the molecule is CC(/C=C/C(=O)N1CCNCC1)=C\c1ccccc1. The van der Waals surface area contributed by atoms with Gasteiger partial charge in [0.1, 0.15) is 0 Å². The summed E-state index contributed by atoms with van der Waals surface area (Å²) < 4.78 is 0. The largest absolute Gasteiger partial charge is 0.337 e. The second-order valence-electron chi connectivity index (χ2n) is 4.71. The van der Waals surface area contributed by atoms with E-state index in [4.69, 9.17) is 0 Å². The fraction of sp³-hybridized carbons (Fsp3) is 0.312. The lowest BCUT2D eigenvalue weighted by Crippen LogP contribution is -2.45. The molecule has 0 unspecified atom stereocenters. The molecule has 0 saturated carbocycles. The molecule has 100 valence electrons. The number of nitrogens with one attached hydrogen (secondary N) is 1. The molecular weight excluding hydrogens is 236 g/mol. The van der Waals surface area contributed by atoms with Gasteiger partial charge in [-0.25, -0.2) is 0 Å². The molecule has 3 heteroatoms. The van der Waals surface area contributed by atoms with E-state index < -0.39 is 0 Å². The van der Waals surface area contributed by atoms with Crippen molar-refractivity contribution >= 4 is 12.0 Å². The Morgan fingerprint density at radius 2 is 1.84 bits per heavy atom. The maximum Gasteiger partial charge on any atom is 0.246 e. The average Bonchev–Trinajstić information content (AvgIpc) is 2.47. The zero-order chi connectivity index (χ0) is 13.5. The lowest BCUT2D eigenvalue weighted by atomic mass is 10.1. The highest BCUT2D eigenvalue weighted by molar-refractivity contribution is 5.88. The fourth-order valence-electron chi connectivity index (χ4n) is 2.05. The van der Waals surface area contributed by atoms with Gasteiger partial charge < -0.3 is 10.2 Å². The molecule has 2 rings (SSSR count). The summed E-state index contributed by atoms with van der Waals surface area (Å²) >= 11 is 0. The molecule has 1 aromatic carbocycles. The Kier molecular flexibility index (Phi) is 4.93. The van der Waals surface area contributed by atoms with Gasteiger partial charge in [-0.15, -0.1) is 0 Å². The summed E-state index contributed by atoms with van der Waals surface area (Å²) in [7, 11) is 0. The zero-order valence-corrected chi connectivity index (χ0v) is 11.3. The molecule has 0 spiro atoms. The molecule has 0 atom stereocenters. The molecule has 1 aliphatic rings. The normalized spacial score (nSPS) is 16.9. The monoisotopic (exact) mass is 256 g/mol. The molecule has 19 heavy (non-hydrogen) atoms. The molecule has 0 radical (unpaired) electrons. The Hall–Kier alpha value is -1.87. The van der Waals surface area contributed by atoms with Crippen molar-refractivity contribution in [3.63, 3.8) is 0 Å². The van der Waals surface area contributed by atoms with Crippen LogP contribution in [-0.4, -0.2) is 37.0 Å². The Labute approximate surface area is 114 Å². The third-order valence-corrected chi connectivity index (χ3v) is 3.11. The van der Waals surface area contributed by atoms with E-state index in [-0.39, 0.29) is 5.91 Å². The van der Waals surface area contributed by atoms with Gasteiger partial charge in [-0.05, 0) is 12.5 Å². The van der Waals surface area contributed by atoms with E-state index in [1.807, 2.05) is 36.1 Å². The van der Waals surface area contributed by atoms with Crippen LogP contribution in [0.4, 0.5) is 0 Å². The van der Waals surface area contributed by atoms with Crippen LogP contribution in [0.1, 0.15) is 12.5 Å². The zero-order valence-electron chi connectivity index (χ0n) is 11.3. The summed E-state index contributed by atoms with van der Waals surface area (Å²) in [6, 6.07) is 10.1. The number of carbonyl (C=O) groups excluding carboxylic acids is 1. The van der Waals surface area contributed by atoms with Crippen LogP contribution in [-0.2, 0) is 4.79 Å². The van der Waals surface area contributed by atoms with Crippen molar-refractivity contribution in [3.05, 3.63) is 53.6 Å². The first-order valence-electron chi connectivity index (χ1n) is 6.67. The predicted octanol–water partition coefficient (Wildman–Crippen LogP) is 2.08. The number of allylic oxidation sites excluding steroid dienone is 2. The van der Waals surface area contributed by atoms with Gasteiger partial charge in [0.15, 0.2) is 0 Å². The molecule has 1 N–H and O–H groups in total. The van der Waals surface area contributed by atoms with Gasteiger partial charge in [-0.1, -0.05) is 48.1 Å². The topological polar surface area (TPSA) is 32.3 Å². The van der Waals surface area contributed by atoms with E-state index in [0.717, 1.165) is 37.3 Å². The average molecular weight is 256 g/mol. The minimum absolute atomic E-state index is 0.0994. The summed E-state index contributed by atoms with van der Waals surface area (Å²) in [6.45, 7) is 5.38. The van der Waals surface area contributed by atoms with Crippen molar-refractivity contribution in [2.24, 2.45) is 0 Å².